The van der Waals surface area contributed by atoms with Crippen LogP contribution in [0.25, 0.3) is 0 Å². The number of ether oxygens (including phenoxy) is 1. The van der Waals surface area contributed by atoms with Crippen molar-refractivity contribution < 1.29 is 17.9 Å². The van der Waals surface area contributed by atoms with Crippen molar-refractivity contribution in [2.75, 3.05) is 13.7 Å². The Morgan fingerprint density at radius 2 is 1.51 bits per heavy atom. The van der Waals surface area contributed by atoms with Gasteiger partial charge in [0.2, 0.25) is 10.0 Å². The van der Waals surface area contributed by atoms with E-state index in [0.29, 0.717) is 6.42 Å². The molecule has 39 heavy (non-hydrogen) atoms. The van der Waals surface area contributed by atoms with Crippen LogP contribution in [0.2, 0.25) is 0 Å². The van der Waals surface area contributed by atoms with E-state index >= 15 is 0 Å². The lowest BCUT2D eigenvalue weighted by Gasteiger charge is -2.40. The third-order valence-electron chi connectivity index (χ3n) is 7.83. The first kappa shape index (κ1) is 29.0. The number of aryl methyl sites for hydroxylation is 2. The number of sulfonamides is 1. The maximum atomic E-state index is 14.0. The van der Waals surface area contributed by atoms with Crippen molar-refractivity contribution in [3.63, 3.8) is 0 Å². The van der Waals surface area contributed by atoms with E-state index in [1.54, 1.807) is 19.2 Å². The number of benzene rings is 3. The molecule has 3 aromatic carbocycles. The Hall–Kier alpha value is -2.96. The number of methoxy groups -OCH3 is 1. The SMILES string of the molecule is CCc1ccc(S(=O)(=O)N2CC(=O)CC(CCCc3ccc(OC)cc3)C2c2ccc(C(C)(C)C)cc2)cc1. The Balaban J connectivity index is 1.66. The summed E-state index contributed by atoms with van der Waals surface area (Å²) in [4.78, 5) is 13.2. The summed E-state index contributed by atoms with van der Waals surface area (Å²) < 4.78 is 34.7. The molecule has 0 bridgehead atoms. The van der Waals surface area contributed by atoms with E-state index in [1.807, 2.05) is 31.2 Å². The third-order valence-corrected chi connectivity index (χ3v) is 9.68. The molecule has 0 amide bonds. The topological polar surface area (TPSA) is 63.7 Å². The van der Waals surface area contributed by atoms with E-state index in [1.165, 1.54) is 15.4 Å². The first-order valence-corrected chi connectivity index (χ1v) is 15.3. The van der Waals surface area contributed by atoms with Crippen LogP contribution >= 0.6 is 0 Å². The van der Waals surface area contributed by atoms with Crippen molar-refractivity contribution in [2.45, 2.75) is 76.2 Å². The molecule has 0 spiro atoms. The zero-order chi connectivity index (χ0) is 28.2. The zero-order valence-electron chi connectivity index (χ0n) is 23.8. The summed E-state index contributed by atoms with van der Waals surface area (Å²) in [5.41, 5.74) is 4.40. The smallest absolute Gasteiger partial charge is 0.244 e. The number of Topliss-reactive ketones (excluding diaryl/α,β-unsaturated/α-hetero) is 1. The van der Waals surface area contributed by atoms with Gasteiger partial charge < -0.3 is 4.74 Å². The van der Waals surface area contributed by atoms with Crippen LogP contribution in [0.1, 0.15) is 75.3 Å². The minimum atomic E-state index is -3.87. The molecule has 1 aliphatic heterocycles. The molecule has 2 atom stereocenters. The third kappa shape index (κ3) is 6.79. The van der Waals surface area contributed by atoms with Gasteiger partial charge in [-0.25, -0.2) is 8.42 Å². The Morgan fingerprint density at radius 3 is 2.08 bits per heavy atom. The lowest BCUT2D eigenvalue weighted by atomic mass is 9.80. The normalized spacial score (nSPS) is 18.7. The number of hydrogen-bond acceptors (Lipinski definition) is 4. The molecule has 2 unspecified atom stereocenters. The van der Waals surface area contributed by atoms with Crippen molar-refractivity contribution in [1.82, 2.24) is 4.31 Å². The van der Waals surface area contributed by atoms with Crippen LogP contribution in [0.5, 0.6) is 5.75 Å². The zero-order valence-corrected chi connectivity index (χ0v) is 24.6. The number of nitrogens with zero attached hydrogens (tertiary/aromatic N) is 1. The van der Waals surface area contributed by atoms with Gasteiger partial charge in [-0.2, -0.15) is 4.31 Å². The Morgan fingerprint density at radius 1 is 0.897 bits per heavy atom. The molecule has 4 rings (SSSR count). The number of piperidine rings is 1. The molecule has 208 valence electrons. The second-order valence-electron chi connectivity index (χ2n) is 11.6. The van der Waals surface area contributed by atoms with E-state index in [0.717, 1.165) is 42.6 Å². The molecule has 0 radical (unpaired) electrons. The summed E-state index contributed by atoms with van der Waals surface area (Å²) in [7, 11) is -2.22. The number of ketones is 1. The number of carbonyl (C=O) groups excluding carboxylic acids is 1. The standard InChI is InChI=1S/C33H41NO4S/c1-6-24-12-20-31(21-13-24)39(36,37)34-23-29(35)22-27(9-7-8-25-10-18-30(38-5)19-11-25)32(34)26-14-16-28(17-15-26)33(2,3)4/h10-21,27,32H,6-9,22-23H2,1-5H3. The summed E-state index contributed by atoms with van der Waals surface area (Å²) in [5, 5.41) is 0. The van der Waals surface area contributed by atoms with E-state index in [9.17, 15) is 13.2 Å². The molecule has 6 heteroatoms. The van der Waals surface area contributed by atoms with Gasteiger partial charge in [-0.3, -0.25) is 4.79 Å². The average Bonchev–Trinajstić information content (AvgIpc) is 2.93. The van der Waals surface area contributed by atoms with Gasteiger partial charge in [0.1, 0.15) is 11.5 Å². The van der Waals surface area contributed by atoms with Crippen LogP contribution in [-0.4, -0.2) is 32.2 Å². The molecule has 0 saturated carbocycles. The number of rotatable bonds is 9. The van der Waals surface area contributed by atoms with Gasteiger partial charge in [-0.05, 0) is 83.5 Å². The molecule has 3 aromatic rings. The van der Waals surface area contributed by atoms with Crippen molar-refractivity contribution in [3.8, 4) is 5.75 Å². The summed E-state index contributed by atoms with van der Waals surface area (Å²) in [6.45, 7) is 8.44. The van der Waals surface area contributed by atoms with Gasteiger partial charge in [0.25, 0.3) is 0 Å². The van der Waals surface area contributed by atoms with Crippen LogP contribution in [0.15, 0.2) is 77.7 Å². The minimum Gasteiger partial charge on any atom is -0.497 e. The predicted molar refractivity (Wildman–Crippen MR) is 157 cm³/mol. The van der Waals surface area contributed by atoms with Crippen molar-refractivity contribution in [2.24, 2.45) is 5.92 Å². The maximum Gasteiger partial charge on any atom is 0.244 e. The van der Waals surface area contributed by atoms with Crippen LogP contribution in [-0.2, 0) is 33.1 Å². The van der Waals surface area contributed by atoms with Crippen molar-refractivity contribution in [1.29, 1.82) is 0 Å². The van der Waals surface area contributed by atoms with E-state index < -0.39 is 16.1 Å². The Kier molecular flexibility index (Phi) is 8.97. The van der Waals surface area contributed by atoms with Gasteiger partial charge in [-0.1, -0.05) is 76.2 Å². The monoisotopic (exact) mass is 547 g/mol. The van der Waals surface area contributed by atoms with Crippen molar-refractivity contribution in [3.05, 3.63) is 95.1 Å². The molecule has 0 N–H and O–H groups in total. The molecule has 0 aliphatic carbocycles. The van der Waals surface area contributed by atoms with Gasteiger partial charge in [0.05, 0.1) is 24.6 Å². The second-order valence-corrected chi connectivity index (χ2v) is 13.5. The number of carbonyl (C=O) groups is 1. The van der Waals surface area contributed by atoms with E-state index in [4.69, 9.17) is 4.74 Å². The molecule has 0 aromatic heterocycles. The van der Waals surface area contributed by atoms with Gasteiger partial charge >= 0.3 is 0 Å². The fraction of sp³-hybridized carbons (Fsp3) is 0.424. The summed E-state index contributed by atoms with van der Waals surface area (Å²) in [6.07, 6.45) is 3.69. The maximum absolute atomic E-state index is 14.0. The highest BCUT2D eigenvalue weighted by Gasteiger charge is 2.42. The Bertz CT molecular complexity index is 1360. The highest BCUT2D eigenvalue weighted by atomic mass is 32.2. The molecule has 1 heterocycles. The fourth-order valence-electron chi connectivity index (χ4n) is 5.48. The van der Waals surface area contributed by atoms with Gasteiger partial charge in [0, 0.05) is 6.42 Å². The number of hydrogen-bond donors (Lipinski definition) is 0. The van der Waals surface area contributed by atoms with E-state index in [-0.39, 0.29) is 28.6 Å². The second kappa shape index (κ2) is 12.1. The lowest BCUT2D eigenvalue weighted by Crippen LogP contribution is -2.46. The highest BCUT2D eigenvalue weighted by Crippen LogP contribution is 2.41. The molecule has 1 aliphatic rings. The van der Waals surface area contributed by atoms with Gasteiger partial charge in [-0.15, -0.1) is 0 Å². The average molecular weight is 548 g/mol. The van der Waals surface area contributed by atoms with E-state index in [2.05, 4.69) is 57.2 Å². The summed E-state index contributed by atoms with van der Waals surface area (Å²) >= 11 is 0. The summed E-state index contributed by atoms with van der Waals surface area (Å²) in [5.74, 6) is 0.693. The van der Waals surface area contributed by atoms with Gasteiger partial charge in [0.15, 0.2) is 0 Å². The first-order chi connectivity index (χ1) is 18.5. The Labute approximate surface area is 234 Å². The van der Waals surface area contributed by atoms with Crippen LogP contribution in [0.3, 0.4) is 0 Å². The lowest BCUT2D eigenvalue weighted by molar-refractivity contribution is -0.123. The fourth-order valence-corrected chi connectivity index (χ4v) is 7.14. The first-order valence-electron chi connectivity index (χ1n) is 13.9. The molecule has 1 fully saturated rings. The largest absolute Gasteiger partial charge is 0.497 e. The van der Waals surface area contributed by atoms with Crippen LogP contribution < -0.4 is 4.74 Å². The van der Waals surface area contributed by atoms with Crippen molar-refractivity contribution >= 4 is 15.8 Å². The molecular weight excluding hydrogens is 506 g/mol. The quantitative estimate of drug-likeness (QED) is 0.292. The van der Waals surface area contributed by atoms with Crippen LogP contribution in [0.4, 0.5) is 0 Å². The summed E-state index contributed by atoms with van der Waals surface area (Å²) in [6, 6.07) is 23.0. The molecular formula is C33H41NO4S. The molecule has 1 saturated heterocycles. The molecule has 5 nitrogen and oxygen atoms in total. The highest BCUT2D eigenvalue weighted by molar-refractivity contribution is 7.89. The predicted octanol–water partition coefficient (Wildman–Crippen LogP) is 6.90. The minimum absolute atomic E-state index is 0.00832. The van der Waals surface area contributed by atoms with Crippen LogP contribution in [0, 0.1) is 5.92 Å².